The lowest BCUT2D eigenvalue weighted by Crippen LogP contribution is -2.29. The van der Waals surface area contributed by atoms with Crippen LogP contribution in [-0.4, -0.2) is 48.5 Å². The Labute approximate surface area is 227 Å². The van der Waals surface area contributed by atoms with Crippen molar-refractivity contribution in [3.05, 3.63) is 101 Å². The molecule has 3 aromatic rings. The van der Waals surface area contributed by atoms with Gasteiger partial charge in [0.15, 0.2) is 0 Å². The SMILES string of the molecule is COC(=O)c1ccc(CN2C(=O)C(=O)/C(=C(/O)c3cccc(OCC(C)C)c3)C2c2ccc(OC)cc2)cc1. The number of ether oxygens (including phenoxy) is 3. The summed E-state index contributed by atoms with van der Waals surface area (Å²) in [4.78, 5) is 40.0. The van der Waals surface area contributed by atoms with Gasteiger partial charge in [-0.2, -0.15) is 0 Å². The van der Waals surface area contributed by atoms with Crippen molar-refractivity contribution < 1.29 is 33.7 Å². The first kappa shape index (κ1) is 27.4. The van der Waals surface area contributed by atoms with Crippen LogP contribution < -0.4 is 9.47 Å². The minimum absolute atomic E-state index is 0.0163. The number of Topliss-reactive ketones (excluding diaryl/α,β-unsaturated/α-hetero) is 1. The van der Waals surface area contributed by atoms with Crippen molar-refractivity contribution in [3.63, 3.8) is 0 Å². The smallest absolute Gasteiger partial charge is 0.337 e. The van der Waals surface area contributed by atoms with Gasteiger partial charge in [0.2, 0.25) is 0 Å². The third-order valence-corrected chi connectivity index (χ3v) is 6.39. The first-order valence-electron chi connectivity index (χ1n) is 12.6. The Balaban J connectivity index is 1.76. The zero-order valence-corrected chi connectivity index (χ0v) is 22.3. The summed E-state index contributed by atoms with van der Waals surface area (Å²) in [5, 5.41) is 11.4. The number of likely N-dealkylation sites (tertiary alicyclic amines) is 1. The summed E-state index contributed by atoms with van der Waals surface area (Å²) in [5.74, 6) is -0.802. The molecule has 1 aliphatic rings. The van der Waals surface area contributed by atoms with Crippen molar-refractivity contribution in [2.45, 2.75) is 26.4 Å². The van der Waals surface area contributed by atoms with Crippen molar-refractivity contribution in [1.29, 1.82) is 0 Å². The molecule has 4 rings (SSSR count). The Morgan fingerprint density at radius 2 is 1.62 bits per heavy atom. The lowest BCUT2D eigenvalue weighted by molar-refractivity contribution is -0.140. The van der Waals surface area contributed by atoms with Crippen LogP contribution in [0.25, 0.3) is 5.76 Å². The normalized spacial score (nSPS) is 16.4. The zero-order chi connectivity index (χ0) is 28.1. The van der Waals surface area contributed by atoms with E-state index in [9.17, 15) is 19.5 Å². The number of hydrogen-bond donors (Lipinski definition) is 1. The summed E-state index contributed by atoms with van der Waals surface area (Å²) in [6.07, 6.45) is 0. The van der Waals surface area contributed by atoms with Crippen LogP contribution in [0.15, 0.2) is 78.4 Å². The molecule has 202 valence electrons. The Hall–Kier alpha value is -4.59. The fourth-order valence-corrected chi connectivity index (χ4v) is 4.39. The Bertz CT molecular complexity index is 1390. The molecule has 39 heavy (non-hydrogen) atoms. The highest BCUT2D eigenvalue weighted by molar-refractivity contribution is 6.46. The molecule has 3 aromatic carbocycles. The Morgan fingerprint density at radius 3 is 2.23 bits per heavy atom. The third kappa shape index (κ3) is 5.95. The molecule has 0 spiro atoms. The van der Waals surface area contributed by atoms with Gasteiger partial charge in [-0.05, 0) is 53.4 Å². The molecular formula is C31H31NO7. The molecule has 1 amide bonds. The maximum Gasteiger partial charge on any atom is 0.337 e. The second-order valence-electron chi connectivity index (χ2n) is 9.62. The van der Waals surface area contributed by atoms with Gasteiger partial charge >= 0.3 is 5.97 Å². The van der Waals surface area contributed by atoms with E-state index in [1.165, 1.54) is 12.0 Å². The number of aliphatic hydroxyl groups is 1. The summed E-state index contributed by atoms with van der Waals surface area (Å²) in [6.45, 7) is 4.64. The number of carbonyl (C=O) groups is 3. The number of esters is 1. The fraction of sp³-hybridized carbons (Fsp3) is 0.258. The molecule has 1 atom stereocenters. The number of carbonyl (C=O) groups excluding carboxylic acids is 3. The third-order valence-electron chi connectivity index (χ3n) is 6.39. The minimum atomic E-state index is -0.851. The molecule has 0 aliphatic carbocycles. The highest BCUT2D eigenvalue weighted by atomic mass is 16.5. The predicted octanol–water partition coefficient (Wildman–Crippen LogP) is 5.14. The first-order chi connectivity index (χ1) is 18.7. The quantitative estimate of drug-likeness (QED) is 0.177. The summed E-state index contributed by atoms with van der Waals surface area (Å²) in [6, 6.07) is 19.6. The summed E-state index contributed by atoms with van der Waals surface area (Å²) in [5.41, 5.74) is 2.06. The second kappa shape index (κ2) is 11.9. The molecule has 1 aliphatic heterocycles. The number of rotatable bonds is 9. The van der Waals surface area contributed by atoms with E-state index in [2.05, 4.69) is 0 Å². The lowest BCUT2D eigenvalue weighted by Gasteiger charge is -2.25. The van der Waals surface area contributed by atoms with Gasteiger partial charge < -0.3 is 24.2 Å². The largest absolute Gasteiger partial charge is 0.507 e. The molecule has 1 unspecified atom stereocenters. The molecule has 1 fully saturated rings. The molecule has 1 saturated heterocycles. The van der Waals surface area contributed by atoms with Crippen molar-refractivity contribution in [2.24, 2.45) is 5.92 Å². The number of hydrogen-bond acceptors (Lipinski definition) is 7. The molecule has 1 N–H and O–H groups in total. The van der Waals surface area contributed by atoms with Crippen LogP contribution in [0.4, 0.5) is 0 Å². The van der Waals surface area contributed by atoms with E-state index in [-0.39, 0.29) is 17.9 Å². The Morgan fingerprint density at radius 1 is 0.923 bits per heavy atom. The number of nitrogens with zero attached hydrogens (tertiary/aromatic N) is 1. The van der Waals surface area contributed by atoms with Crippen LogP contribution in [-0.2, 0) is 20.9 Å². The van der Waals surface area contributed by atoms with Crippen LogP contribution >= 0.6 is 0 Å². The van der Waals surface area contributed by atoms with Crippen molar-refractivity contribution >= 4 is 23.4 Å². The van der Waals surface area contributed by atoms with E-state index in [0.717, 1.165) is 0 Å². The molecular weight excluding hydrogens is 498 g/mol. The summed E-state index contributed by atoms with van der Waals surface area (Å²) >= 11 is 0. The monoisotopic (exact) mass is 529 g/mol. The second-order valence-corrected chi connectivity index (χ2v) is 9.62. The van der Waals surface area contributed by atoms with Gasteiger partial charge in [-0.25, -0.2) is 4.79 Å². The van der Waals surface area contributed by atoms with Crippen LogP contribution in [0.3, 0.4) is 0 Å². The topological polar surface area (TPSA) is 102 Å². The van der Waals surface area contributed by atoms with Gasteiger partial charge in [-0.3, -0.25) is 9.59 Å². The number of ketones is 1. The van der Waals surface area contributed by atoms with E-state index >= 15 is 0 Å². The van der Waals surface area contributed by atoms with Crippen molar-refractivity contribution in [1.82, 2.24) is 4.90 Å². The van der Waals surface area contributed by atoms with E-state index in [4.69, 9.17) is 14.2 Å². The zero-order valence-electron chi connectivity index (χ0n) is 22.3. The van der Waals surface area contributed by atoms with E-state index in [1.807, 2.05) is 13.8 Å². The van der Waals surface area contributed by atoms with E-state index in [1.54, 1.807) is 79.9 Å². The number of methoxy groups -OCH3 is 2. The van der Waals surface area contributed by atoms with Gasteiger partial charge in [-0.1, -0.05) is 50.2 Å². The molecule has 8 heteroatoms. The molecule has 8 nitrogen and oxygen atoms in total. The molecule has 0 aromatic heterocycles. The number of aliphatic hydroxyl groups excluding tert-OH is 1. The number of amides is 1. The predicted molar refractivity (Wildman–Crippen MR) is 145 cm³/mol. The summed E-state index contributed by atoms with van der Waals surface area (Å²) < 4.78 is 15.8. The molecule has 0 saturated carbocycles. The fourth-order valence-electron chi connectivity index (χ4n) is 4.39. The van der Waals surface area contributed by atoms with Crippen molar-refractivity contribution in [2.75, 3.05) is 20.8 Å². The van der Waals surface area contributed by atoms with E-state index < -0.39 is 23.7 Å². The van der Waals surface area contributed by atoms with Gasteiger partial charge in [0, 0.05) is 12.1 Å². The van der Waals surface area contributed by atoms with Crippen LogP contribution in [0.2, 0.25) is 0 Å². The van der Waals surface area contributed by atoms with Crippen LogP contribution in [0.1, 0.15) is 46.9 Å². The van der Waals surface area contributed by atoms with Crippen molar-refractivity contribution in [3.8, 4) is 11.5 Å². The van der Waals surface area contributed by atoms with Gasteiger partial charge in [0.25, 0.3) is 11.7 Å². The standard InChI is InChI=1S/C31H31NO7/c1-19(2)18-39-25-7-5-6-23(16-25)28(33)26-27(21-12-14-24(37-3)15-13-21)32(30(35)29(26)34)17-20-8-10-22(11-9-20)31(36)38-4/h5-16,19,27,33H,17-18H2,1-4H3/b28-26+. The number of benzene rings is 3. The van der Waals surface area contributed by atoms with Crippen LogP contribution in [0.5, 0.6) is 11.5 Å². The van der Waals surface area contributed by atoms with Gasteiger partial charge in [0.1, 0.15) is 17.3 Å². The molecule has 0 radical (unpaired) electrons. The Kier molecular flexibility index (Phi) is 8.34. The minimum Gasteiger partial charge on any atom is -0.507 e. The van der Waals surface area contributed by atoms with Crippen LogP contribution in [0, 0.1) is 5.92 Å². The highest BCUT2D eigenvalue weighted by Gasteiger charge is 2.46. The molecule has 1 heterocycles. The van der Waals surface area contributed by atoms with Gasteiger partial charge in [-0.15, -0.1) is 0 Å². The first-order valence-corrected chi connectivity index (χ1v) is 12.6. The summed E-state index contributed by atoms with van der Waals surface area (Å²) in [7, 11) is 2.85. The maximum atomic E-state index is 13.4. The average Bonchev–Trinajstić information content (AvgIpc) is 3.20. The maximum absolute atomic E-state index is 13.4. The highest BCUT2D eigenvalue weighted by Crippen LogP contribution is 2.41. The lowest BCUT2D eigenvalue weighted by atomic mass is 9.95. The average molecular weight is 530 g/mol. The van der Waals surface area contributed by atoms with E-state index in [0.29, 0.717) is 46.3 Å². The molecule has 0 bridgehead atoms. The van der Waals surface area contributed by atoms with Gasteiger partial charge in [0.05, 0.1) is 38.0 Å².